The SMILES string of the molecule is CN1CCN(CCOc2cc(CN)c(O)c3c2C(=O)c2ccccc2C3=O)CC1.Cl.Cl.Cl. The van der Waals surface area contributed by atoms with Crippen LogP contribution in [0.15, 0.2) is 30.3 Å². The highest BCUT2D eigenvalue weighted by atomic mass is 35.5. The molecule has 32 heavy (non-hydrogen) atoms. The van der Waals surface area contributed by atoms with Gasteiger partial charge >= 0.3 is 0 Å². The van der Waals surface area contributed by atoms with Gasteiger partial charge in [-0.15, -0.1) is 37.2 Å². The van der Waals surface area contributed by atoms with Crippen LogP contribution in [0.25, 0.3) is 0 Å². The van der Waals surface area contributed by atoms with E-state index in [1.54, 1.807) is 30.3 Å². The molecule has 1 saturated heterocycles. The second-order valence-electron chi connectivity index (χ2n) is 7.53. The lowest BCUT2D eigenvalue weighted by Crippen LogP contribution is -2.45. The number of halogens is 3. The number of fused-ring (bicyclic) bond motifs is 2. The van der Waals surface area contributed by atoms with Crippen LogP contribution in [0.5, 0.6) is 11.5 Å². The molecule has 1 fully saturated rings. The molecule has 4 rings (SSSR count). The molecule has 2 aromatic carbocycles. The van der Waals surface area contributed by atoms with Crippen LogP contribution in [0.1, 0.15) is 37.4 Å². The van der Waals surface area contributed by atoms with E-state index in [0.717, 1.165) is 32.7 Å². The van der Waals surface area contributed by atoms with Crippen molar-refractivity contribution in [2.45, 2.75) is 6.54 Å². The fraction of sp³-hybridized carbons (Fsp3) is 0.364. The number of nitrogens with two attached hydrogens (primary N) is 1. The van der Waals surface area contributed by atoms with E-state index in [4.69, 9.17) is 10.5 Å². The van der Waals surface area contributed by atoms with Gasteiger partial charge in [-0.25, -0.2) is 0 Å². The van der Waals surface area contributed by atoms with Crippen molar-refractivity contribution in [1.29, 1.82) is 0 Å². The van der Waals surface area contributed by atoms with Crippen LogP contribution in [0.3, 0.4) is 0 Å². The molecular formula is C22H28Cl3N3O4. The zero-order valence-corrected chi connectivity index (χ0v) is 20.2. The van der Waals surface area contributed by atoms with Gasteiger partial charge in [0, 0.05) is 56.0 Å². The van der Waals surface area contributed by atoms with Gasteiger partial charge in [-0.05, 0) is 13.1 Å². The van der Waals surface area contributed by atoms with E-state index in [2.05, 4.69) is 16.8 Å². The Labute approximate surface area is 206 Å². The summed E-state index contributed by atoms with van der Waals surface area (Å²) in [6.45, 7) is 5.09. The van der Waals surface area contributed by atoms with Crippen LogP contribution in [-0.4, -0.2) is 72.9 Å². The van der Waals surface area contributed by atoms with Gasteiger partial charge in [0.25, 0.3) is 0 Å². The number of piperazine rings is 1. The molecule has 176 valence electrons. The molecule has 0 amide bonds. The van der Waals surface area contributed by atoms with Crippen molar-refractivity contribution in [3.8, 4) is 11.5 Å². The van der Waals surface area contributed by atoms with Gasteiger partial charge < -0.3 is 20.5 Å². The monoisotopic (exact) mass is 503 g/mol. The molecule has 0 spiro atoms. The van der Waals surface area contributed by atoms with Crippen LogP contribution < -0.4 is 10.5 Å². The van der Waals surface area contributed by atoms with E-state index >= 15 is 0 Å². The molecule has 3 N–H and O–H groups in total. The van der Waals surface area contributed by atoms with Crippen LogP contribution >= 0.6 is 37.2 Å². The summed E-state index contributed by atoms with van der Waals surface area (Å²) in [5.41, 5.74) is 6.89. The molecule has 0 unspecified atom stereocenters. The Morgan fingerprint density at radius 2 is 1.53 bits per heavy atom. The lowest BCUT2D eigenvalue weighted by molar-refractivity contribution is 0.0970. The summed E-state index contributed by atoms with van der Waals surface area (Å²) in [6, 6.07) is 8.22. The number of carbonyl (C=O) groups excluding carboxylic acids is 2. The standard InChI is InChI=1S/C22H25N3O4.3ClH/c1-24-6-8-25(9-7-24)10-11-29-17-12-14(13-23)20(26)19-18(17)21(27)15-4-2-3-5-16(15)22(19)28;;;/h2-5,12,26H,6-11,13,23H2,1H3;3*1H. The quantitative estimate of drug-likeness (QED) is 0.551. The highest BCUT2D eigenvalue weighted by Gasteiger charge is 2.35. The minimum absolute atomic E-state index is 0. The van der Waals surface area contributed by atoms with Crippen molar-refractivity contribution in [3.63, 3.8) is 0 Å². The molecule has 7 nitrogen and oxygen atoms in total. The molecule has 1 heterocycles. The van der Waals surface area contributed by atoms with Gasteiger partial charge in [-0.3, -0.25) is 14.5 Å². The first kappa shape index (κ1) is 28.2. The molecule has 0 bridgehead atoms. The number of ketones is 2. The average molecular weight is 505 g/mol. The van der Waals surface area contributed by atoms with Gasteiger partial charge in [-0.1, -0.05) is 24.3 Å². The fourth-order valence-electron chi connectivity index (χ4n) is 3.92. The minimum Gasteiger partial charge on any atom is -0.507 e. The van der Waals surface area contributed by atoms with E-state index in [1.807, 2.05) is 0 Å². The number of likely N-dealkylation sites (N-methyl/N-ethyl adjacent to an activating group) is 1. The van der Waals surface area contributed by atoms with Crippen molar-refractivity contribution in [2.24, 2.45) is 5.73 Å². The number of benzene rings is 2. The molecule has 0 saturated carbocycles. The van der Waals surface area contributed by atoms with Crippen molar-refractivity contribution >= 4 is 48.8 Å². The molecule has 0 radical (unpaired) electrons. The third-order valence-corrected chi connectivity index (χ3v) is 5.69. The number of hydrogen-bond donors (Lipinski definition) is 2. The smallest absolute Gasteiger partial charge is 0.198 e. The zero-order chi connectivity index (χ0) is 20.5. The summed E-state index contributed by atoms with van der Waals surface area (Å²) < 4.78 is 5.97. The molecule has 10 heteroatoms. The second-order valence-corrected chi connectivity index (χ2v) is 7.53. The first-order valence-electron chi connectivity index (χ1n) is 9.82. The number of hydrogen-bond acceptors (Lipinski definition) is 7. The number of phenolic OH excluding ortho intramolecular Hbond substituents is 1. The average Bonchev–Trinajstić information content (AvgIpc) is 2.74. The minimum atomic E-state index is -0.382. The Balaban J connectivity index is 0.00000171. The maximum Gasteiger partial charge on any atom is 0.198 e. The number of rotatable bonds is 5. The number of aromatic hydroxyl groups is 1. The summed E-state index contributed by atoms with van der Waals surface area (Å²) in [7, 11) is 2.10. The van der Waals surface area contributed by atoms with E-state index in [-0.39, 0.29) is 77.8 Å². The van der Waals surface area contributed by atoms with Gasteiger partial charge in [0.15, 0.2) is 11.6 Å². The molecule has 2 aromatic rings. The van der Waals surface area contributed by atoms with Gasteiger partial charge in [-0.2, -0.15) is 0 Å². The van der Waals surface area contributed by atoms with Crippen molar-refractivity contribution in [3.05, 3.63) is 58.1 Å². The van der Waals surface area contributed by atoms with Crippen LogP contribution in [0, 0.1) is 0 Å². The Kier molecular flexibility index (Phi) is 10.4. The maximum absolute atomic E-state index is 13.1. The van der Waals surface area contributed by atoms with E-state index in [0.29, 0.717) is 23.5 Å². The van der Waals surface area contributed by atoms with Crippen LogP contribution in [-0.2, 0) is 6.54 Å². The summed E-state index contributed by atoms with van der Waals surface area (Å²) in [5.74, 6) is -0.627. The summed E-state index contributed by atoms with van der Waals surface area (Å²) in [4.78, 5) is 30.7. The van der Waals surface area contributed by atoms with Crippen molar-refractivity contribution < 1.29 is 19.4 Å². The lowest BCUT2D eigenvalue weighted by atomic mass is 9.82. The molecule has 2 aliphatic rings. The number of nitrogens with zero attached hydrogens (tertiary/aromatic N) is 2. The fourth-order valence-corrected chi connectivity index (χ4v) is 3.92. The lowest BCUT2D eigenvalue weighted by Gasteiger charge is -2.32. The molecule has 1 aliphatic carbocycles. The number of ether oxygens (including phenoxy) is 1. The third kappa shape index (κ3) is 5.20. The number of phenols is 1. The van der Waals surface area contributed by atoms with Gasteiger partial charge in [0.1, 0.15) is 18.1 Å². The van der Waals surface area contributed by atoms with Crippen molar-refractivity contribution in [1.82, 2.24) is 9.80 Å². The highest BCUT2D eigenvalue weighted by molar-refractivity contribution is 6.30. The van der Waals surface area contributed by atoms with E-state index in [1.165, 1.54) is 0 Å². The maximum atomic E-state index is 13.1. The third-order valence-electron chi connectivity index (χ3n) is 5.69. The van der Waals surface area contributed by atoms with Gasteiger partial charge in [0.05, 0.1) is 11.1 Å². The zero-order valence-electron chi connectivity index (χ0n) is 17.7. The molecule has 0 aromatic heterocycles. The largest absolute Gasteiger partial charge is 0.507 e. The predicted octanol–water partition coefficient (Wildman–Crippen LogP) is 2.52. The highest BCUT2D eigenvalue weighted by Crippen LogP contribution is 2.40. The van der Waals surface area contributed by atoms with Crippen LogP contribution in [0.4, 0.5) is 0 Å². The topological polar surface area (TPSA) is 96.1 Å². The van der Waals surface area contributed by atoms with Crippen molar-refractivity contribution in [2.75, 3.05) is 46.4 Å². The van der Waals surface area contributed by atoms with E-state index in [9.17, 15) is 14.7 Å². The summed E-state index contributed by atoms with van der Waals surface area (Å²) >= 11 is 0. The first-order chi connectivity index (χ1) is 14.0. The number of carbonyl (C=O) groups is 2. The molecule has 1 aliphatic heterocycles. The Hall–Kier alpha value is -1.87. The van der Waals surface area contributed by atoms with Gasteiger partial charge in [0.2, 0.25) is 0 Å². The summed E-state index contributed by atoms with van der Waals surface area (Å²) in [5, 5.41) is 10.6. The predicted molar refractivity (Wildman–Crippen MR) is 130 cm³/mol. The summed E-state index contributed by atoms with van der Waals surface area (Å²) in [6.07, 6.45) is 0. The molecular weight excluding hydrogens is 477 g/mol. The Bertz CT molecular complexity index is 979. The Morgan fingerprint density at radius 3 is 2.09 bits per heavy atom. The molecule has 0 atom stereocenters. The first-order valence-corrected chi connectivity index (χ1v) is 9.82. The van der Waals surface area contributed by atoms with E-state index < -0.39 is 0 Å². The normalized spacial score (nSPS) is 15.6. The Morgan fingerprint density at radius 1 is 0.969 bits per heavy atom. The second kappa shape index (κ2) is 11.8. The van der Waals surface area contributed by atoms with Crippen LogP contribution in [0.2, 0.25) is 0 Å².